The van der Waals surface area contributed by atoms with Crippen molar-refractivity contribution < 1.29 is 4.42 Å². The number of hydrogen-bond donors (Lipinski definition) is 0. The molecule has 0 N–H and O–H groups in total. The fourth-order valence-electron chi connectivity index (χ4n) is 3.30. The largest absolute Gasteiger partial charge is 0.422 e. The molecule has 124 valence electrons. The zero-order valence-electron chi connectivity index (χ0n) is 13.4. The van der Waals surface area contributed by atoms with Crippen molar-refractivity contribution in [1.29, 1.82) is 0 Å². The van der Waals surface area contributed by atoms with Crippen molar-refractivity contribution in [2.24, 2.45) is 0 Å². The van der Waals surface area contributed by atoms with Gasteiger partial charge in [0.1, 0.15) is 10.2 Å². The number of pyridine rings is 2. The highest BCUT2D eigenvalue weighted by molar-refractivity contribution is 9.10. The van der Waals surface area contributed by atoms with Crippen LogP contribution in [0.5, 0.6) is 0 Å². The fourth-order valence-corrected chi connectivity index (χ4v) is 3.61. The minimum absolute atomic E-state index is 0.409. The molecule has 0 spiro atoms. The lowest BCUT2D eigenvalue weighted by atomic mass is 9.99. The van der Waals surface area contributed by atoms with E-state index in [4.69, 9.17) is 9.40 Å². The summed E-state index contributed by atoms with van der Waals surface area (Å²) in [4.78, 5) is 22.2. The third-order valence-corrected chi connectivity index (χ3v) is 4.85. The molecule has 0 unspecified atom stereocenters. The number of hydrogen-bond acceptors (Lipinski definition) is 4. The third kappa shape index (κ3) is 2.24. The van der Waals surface area contributed by atoms with Crippen LogP contribution in [0.2, 0.25) is 0 Å². The molecule has 5 heteroatoms. The Balaban J connectivity index is 2.12. The molecule has 4 nitrogen and oxygen atoms in total. The van der Waals surface area contributed by atoms with Crippen LogP contribution in [0.15, 0.2) is 80.5 Å². The number of para-hydroxylation sites is 1. The van der Waals surface area contributed by atoms with E-state index in [9.17, 15) is 4.79 Å². The van der Waals surface area contributed by atoms with E-state index in [0.717, 1.165) is 22.0 Å². The van der Waals surface area contributed by atoms with Gasteiger partial charge in [-0.25, -0.2) is 14.8 Å². The molecule has 3 aromatic heterocycles. The van der Waals surface area contributed by atoms with Gasteiger partial charge in [-0.1, -0.05) is 42.5 Å². The molecule has 26 heavy (non-hydrogen) atoms. The molecule has 0 saturated heterocycles. The molecule has 0 aliphatic rings. The summed E-state index contributed by atoms with van der Waals surface area (Å²) in [6.45, 7) is 0. The third-order valence-electron chi connectivity index (χ3n) is 4.41. The van der Waals surface area contributed by atoms with Crippen molar-refractivity contribution in [2.75, 3.05) is 0 Å². The van der Waals surface area contributed by atoms with Crippen LogP contribution in [-0.4, -0.2) is 9.97 Å². The van der Waals surface area contributed by atoms with Gasteiger partial charge in [0.25, 0.3) is 0 Å². The SMILES string of the molecule is O=c1oc2ccccc2c2nc3ccc(Br)nc3c(-c3ccccc3)c12. The second-order valence-corrected chi connectivity index (χ2v) is 6.78. The first-order valence-electron chi connectivity index (χ1n) is 8.09. The summed E-state index contributed by atoms with van der Waals surface area (Å²) in [7, 11) is 0. The van der Waals surface area contributed by atoms with Gasteiger partial charge in [0.05, 0.1) is 21.9 Å². The van der Waals surface area contributed by atoms with Crippen molar-refractivity contribution in [3.63, 3.8) is 0 Å². The summed E-state index contributed by atoms with van der Waals surface area (Å²) in [6, 6.07) is 21.0. The van der Waals surface area contributed by atoms with Gasteiger partial charge in [0.15, 0.2) is 0 Å². The average Bonchev–Trinajstić information content (AvgIpc) is 2.67. The first kappa shape index (κ1) is 15.2. The van der Waals surface area contributed by atoms with Crippen molar-refractivity contribution in [3.05, 3.63) is 81.8 Å². The van der Waals surface area contributed by atoms with Crippen molar-refractivity contribution in [2.45, 2.75) is 0 Å². The summed E-state index contributed by atoms with van der Waals surface area (Å²) in [6.07, 6.45) is 0. The van der Waals surface area contributed by atoms with E-state index in [2.05, 4.69) is 20.9 Å². The van der Waals surface area contributed by atoms with E-state index < -0.39 is 5.63 Å². The monoisotopic (exact) mass is 402 g/mol. The number of halogens is 1. The highest BCUT2D eigenvalue weighted by Gasteiger charge is 2.18. The molecular weight excluding hydrogens is 392 g/mol. The Hall–Kier alpha value is -3.05. The summed E-state index contributed by atoms with van der Waals surface area (Å²) in [5.74, 6) is 0. The Kier molecular flexibility index (Phi) is 3.36. The standard InChI is InChI=1S/C21H11BrN2O2/c22-16-11-10-14-20(24-16)17(12-6-2-1-3-7-12)18-19(23-14)13-8-4-5-9-15(13)26-21(18)25/h1-11H. The summed E-state index contributed by atoms with van der Waals surface area (Å²) >= 11 is 3.42. The van der Waals surface area contributed by atoms with E-state index in [0.29, 0.717) is 26.6 Å². The maximum absolute atomic E-state index is 12.9. The summed E-state index contributed by atoms with van der Waals surface area (Å²) in [5, 5.41) is 1.26. The van der Waals surface area contributed by atoms with E-state index in [-0.39, 0.29) is 0 Å². The molecule has 2 aromatic carbocycles. The van der Waals surface area contributed by atoms with Crippen LogP contribution in [0.3, 0.4) is 0 Å². The average molecular weight is 403 g/mol. The van der Waals surface area contributed by atoms with Gasteiger partial charge < -0.3 is 4.42 Å². The van der Waals surface area contributed by atoms with E-state index in [1.165, 1.54) is 0 Å². The van der Waals surface area contributed by atoms with E-state index in [1.807, 2.05) is 60.7 Å². The van der Waals surface area contributed by atoms with Crippen LogP contribution in [0.4, 0.5) is 0 Å². The maximum Gasteiger partial charge on any atom is 0.346 e. The molecule has 5 aromatic rings. The molecule has 0 aliphatic carbocycles. The zero-order chi connectivity index (χ0) is 17.7. The number of benzene rings is 2. The van der Waals surface area contributed by atoms with Crippen LogP contribution < -0.4 is 5.63 Å². The van der Waals surface area contributed by atoms with Crippen molar-refractivity contribution in [1.82, 2.24) is 9.97 Å². The molecule has 0 amide bonds. The van der Waals surface area contributed by atoms with Crippen LogP contribution in [0, 0.1) is 0 Å². The van der Waals surface area contributed by atoms with Gasteiger partial charge in [-0.05, 0) is 45.8 Å². The Labute approximate surface area is 156 Å². The maximum atomic E-state index is 12.9. The summed E-state index contributed by atoms with van der Waals surface area (Å²) < 4.78 is 6.27. The van der Waals surface area contributed by atoms with Gasteiger partial charge in [0.2, 0.25) is 0 Å². The first-order chi connectivity index (χ1) is 12.7. The Bertz CT molecular complexity index is 1360. The lowest BCUT2D eigenvalue weighted by Crippen LogP contribution is -2.05. The first-order valence-corrected chi connectivity index (χ1v) is 8.89. The lowest BCUT2D eigenvalue weighted by Gasteiger charge is -2.11. The van der Waals surface area contributed by atoms with Gasteiger partial charge in [-0.3, -0.25) is 0 Å². The molecule has 0 saturated carbocycles. The molecule has 0 aliphatic heterocycles. The number of fused-ring (bicyclic) bond motifs is 4. The molecule has 0 atom stereocenters. The number of rotatable bonds is 1. The lowest BCUT2D eigenvalue weighted by molar-refractivity contribution is 0.569. The molecule has 0 radical (unpaired) electrons. The van der Waals surface area contributed by atoms with E-state index >= 15 is 0 Å². The summed E-state index contributed by atoms with van der Waals surface area (Å²) in [5.41, 5.74) is 3.79. The Morgan fingerprint density at radius 2 is 1.58 bits per heavy atom. The highest BCUT2D eigenvalue weighted by Crippen LogP contribution is 2.35. The van der Waals surface area contributed by atoms with Crippen LogP contribution >= 0.6 is 15.9 Å². The molecule has 3 heterocycles. The minimum Gasteiger partial charge on any atom is -0.422 e. The predicted molar refractivity (Wildman–Crippen MR) is 106 cm³/mol. The topological polar surface area (TPSA) is 56.0 Å². The Morgan fingerprint density at radius 1 is 0.808 bits per heavy atom. The van der Waals surface area contributed by atoms with Gasteiger partial charge in [-0.15, -0.1) is 0 Å². The van der Waals surface area contributed by atoms with Crippen LogP contribution in [0.25, 0.3) is 44.0 Å². The second kappa shape index (κ2) is 5.75. The Morgan fingerprint density at radius 3 is 2.42 bits per heavy atom. The molecule has 5 rings (SSSR count). The van der Waals surface area contributed by atoms with Gasteiger partial charge >= 0.3 is 5.63 Å². The smallest absolute Gasteiger partial charge is 0.346 e. The second-order valence-electron chi connectivity index (χ2n) is 5.96. The highest BCUT2D eigenvalue weighted by atomic mass is 79.9. The van der Waals surface area contributed by atoms with Gasteiger partial charge in [-0.2, -0.15) is 0 Å². The predicted octanol–water partition coefficient (Wildman–Crippen LogP) is 5.32. The van der Waals surface area contributed by atoms with Gasteiger partial charge in [0, 0.05) is 10.9 Å². The zero-order valence-corrected chi connectivity index (χ0v) is 15.0. The normalized spacial score (nSPS) is 11.4. The van der Waals surface area contributed by atoms with Crippen LogP contribution in [0.1, 0.15) is 0 Å². The number of nitrogens with zero attached hydrogens (tertiary/aromatic N) is 2. The quantitative estimate of drug-likeness (QED) is 0.165. The fraction of sp³-hybridized carbons (Fsp3) is 0. The molecule has 0 fully saturated rings. The van der Waals surface area contributed by atoms with Crippen molar-refractivity contribution in [3.8, 4) is 11.1 Å². The van der Waals surface area contributed by atoms with Crippen LogP contribution in [-0.2, 0) is 0 Å². The van der Waals surface area contributed by atoms with E-state index in [1.54, 1.807) is 6.07 Å². The minimum atomic E-state index is -0.409. The van der Waals surface area contributed by atoms with Crippen molar-refractivity contribution >= 4 is 48.8 Å². The molecule has 0 bridgehead atoms. The molecular formula is C21H11BrN2O2. The number of aromatic nitrogens is 2.